The van der Waals surface area contributed by atoms with Crippen LogP contribution >= 0.6 is 0 Å². The minimum Gasteiger partial charge on any atom is -0.321 e. The monoisotopic (exact) mass is 484 g/mol. The number of amides is 1. The summed E-state index contributed by atoms with van der Waals surface area (Å²) in [6.45, 7) is 4.01. The van der Waals surface area contributed by atoms with E-state index in [1.807, 2.05) is 62.4 Å². The lowest BCUT2D eigenvalue weighted by molar-refractivity contribution is 0.102. The van der Waals surface area contributed by atoms with E-state index in [0.29, 0.717) is 5.56 Å². The van der Waals surface area contributed by atoms with Gasteiger partial charge in [-0.15, -0.1) is 0 Å². The largest absolute Gasteiger partial charge is 0.321 e. The summed E-state index contributed by atoms with van der Waals surface area (Å²) in [5.41, 5.74) is 4.72. The molecule has 0 aliphatic heterocycles. The van der Waals surface area contributed by atoms with Crippen LogP contribution in [0.4, 0.5) is 5.69 Å². The maximum Gasteiger partial charge on any atom is 0.255 e. The number of sulfonamides is 1. The third-order valence-corrected chi connectivity index (χ3v) is 8.64. The summed E-state index contributed by atoms with van der Waals surface area (Å²) in [7, 11) is -3.73. The average molecular weight is 485 g/mol. The van der Waals surface area contributed by atoms with Gasteiger partial charge in [0.05, 0.1) is 4.90 Å². The van der Waals surface area contributed by atoms with Crippen LogP contribution in [-0.2, 0) is 29.4 Å². The van der Waals surface area contributed by atoms with E-state index in [0.717, 1.165) is 29.5 Å². The number of nitrogens with one attached hydrogen (secondary N) is 1. The van der Waals surface area contributed by atoms with Gasteiger partial charge in [0.1, 0.15) is 0 Å². The van der Waals surface area contributed by atoms with Gasteiger partial charge in [-0.05, 0) is 79.1 Å². The molecular weight excluding hydrogens is 456 g/mol. The van der Waals surface area contributed by atoms with Crippen molar-refractivity contribution in [3.05, 3.63) is 107 Å². The Kier molecular flexibility index (Phi) is 6.17. The fourth-order valence-electron chi connectivity index (χ4n) is 4.77. The fourth-order valence-corrected chi connectivity index (χ4v) is 6.40. The summed E-state index contributed by atoms with van der Waals surface area (Å²) >= 11 is 0. The Bertz CT molecular complexity index is 1480. The first-order valence-corrected chi connectivity index (χ1v) is 13.3. The zero-order valence-electron chi connectivity index (χ0n) is 19.9. The Balaban J connectivity index is 1.38. The van der Waals surface area contributed by atoms with E-state index in [9.17, 15) is 13.2 Å². The third kappa shape index (κ3) is 4.47. The molecule has 178 valence electrons. The minimum absolute atomic E-state index is 0.170. The second kappa shape index (κ2) is 9.29. The van der Waals surface area contributed by atoms with Gasteiger partial charge in [-0.25, -0.2) is 8.42 Å². The molecule has 0 fully saturated rings. The first kappa shape index (κ1) is 23.3. The molecule has 0 saturated heterocycles. The molecule has 5 nitrogen and oxygen atoms in total. The number of rotatable bonds is 7. The van der Waals surface area contributed by atoms with Gasteiger partial charge in [0.25, 0.3) is 5.91 Å². The smallest absolute Gasteiger partial charge is 0.255 e. The zero-order valence-corrected chi connectivity index (χ0v) is 20.7. The van der Waals surface area contributed by atoms with E-state index in [-0.39, 0.29) is 23.4 Å². The lowest BCUT2D eigenvalue weighted by Gasteiger charge is -2.26. The second-order valence-electron chi connectivity index (χ2n) is 9.22. The van der Waals surface area contributed by atoms with Gasteiger partial charge in [-0.2, -0.15) is 4.31 Å². The molecule has 0 atom stereocenters. The first-order valence-electron chi connectivity index (χ1n) is 11.9. The van der Waals surface area contributed by atoms with Gasteiger partial charge in [0.15, 0.2) is 0 Å². The number of carbonyl (C=O) groups is 1. The Hall–Kier alpha value is -3.48. The van der Waals surface area contributed by atoms with Crippen LogP contribution in [0.15, 0.2) is 89.8 Å². The van der Waals surface area contributed by atoms with Gasteiger partial charge in [-0.3, -0.25) is 4.79 Å². The molecule has 1 aliphatic rings. The summed E-state index contributed by atoms with van der Waals surface area (Å²) in [5, 5.41) is 5.29. The van der Waals surface area contributed by atoms with E-state index in [1.165, 1.54) is 33.0 Å². The third-order valence-electron chi connectivity index (χ3n) is 6.61. The van der Waals surface area contributed by atoms with Crippen LogP contribution in [0.1, 0.15) is 40.9 Å². The number of nitrogens with zero attached hydrogens (tertiary/aromatic N) is 1. The normalized spacial score (nSPS) is 13.0. The molecule has 0 bridgehead atoms. The van der Waals surface area contributed by atoms with Gasteiger partial charge in [0.2, 0.25) is 10.0 Å². The number of benzene rings is 4. The Morgan fingerprint density at radius 2 is 1.54 bits per heavy atom. The molecule has 0 radical (unpaired) electrons. The standard InChI is InChI=1S/C29H28N2O3S/c1-20(2)31(19-21-7-4-3-5-8-21)35(33,34)25-16-13-24(14-17-25)29(32)30-27-18-15-23-12-11-22-9-6-10-26(27)28(22)23/h3-10,13-18,20H,11-12,19H2,1-2H3,(H,30,32). The molecule has 4 aromatic rings. The number of hydrogen-bond donors (Lipinski definition) is 1. The van der Waals surface area contributed by atoms with E-state index in [4.69, 9.17) is 0 Å². The average Bonchev–Trinajstić information content (AvgIpc) is 3.29. The maximum absolute atomic E-state index is 13.4. The molecule has 1 aliphatic carbocycles. The SMILES string of the molecule is CC(C)N(Cc1ccccc1)S(=O)(=O)c1ccc(C(=O)Nc2ccc3c4c(cccc24)CC3)cc1. The molecular formula is C29H28N2O3S. The van der Waals surface area contributed by atoms with Crippen molar-refractivity contribution in [1.82, 2.24) is 4.31 Å². The highest BCUT2D eigenvalue weighted by Gasteiger charge is 2.27. The van der Waals surface area contributed by atoms with Crippen LogP contribution in [0.25, 0.3) is 10.8 Å². The van der Waals surface area contributed by atoms with Crippen molar-refractivity contribution in [2.24, 2.45) is 0 Å². The van der Waals surface area contributed by atoms with E-state index >= 15 is 0 Å². The highest BCUT2D eigenvalue weighted by atomic mass is 32.2. The maximum atomic E-state index is 13.4. The Morgan fingerprint density at radius 3 is 2.23 bits per heavy atom. The number of hydrogen-bond acceptors (Lipinski definition) is 3. The number of anilines is 1. The summed E-state index contributed by atoms with van der Waals surface area (Å²) in [5.74, 6) is -0.266. The molecule has 1 amide bonds. The summed E-state index contributed by atoms with van der Waals surface area (Å²) in [4.78, 5) is 13.2. The van der Waals surface area contributed by atoms with Crippen molar-refractivity contribution in [3.8, 4) is 0 Å². The topological polar surface area (TPSA) is 66.5 Å². The highest BCUT2D eigenvalue weighted by Crippen LogP contribution is 2.35. The molecule has 0 spiro atoms. The van der Waals surface area contributed by atoms with Crippen LogP contribution < -0.4 is 5.32 Å². The van der Waals surface area contributed by atoms with E-state index in [2.05, 4.69) is 17.4 Å². The van der Waals surface area contributed by atoms with Crippen LogP contribution in [0, 0.1) is 0 Å². The molecule has 1 N–H and O–H groups in total. The van der Waals surface area contributed by atoms with Crippen molar-refractivity contribution < 1.29 is 13.2 Å². The minimum atomic E-state index is -3.73. The van der Waals surface area contributed by atoms with Crippen molar-refractivity contribution in [1.29, 1.82) is 0 Å². The van der Waals surface area contributed by atoms with Gasteiger partial charge in [0, 0.05) is 29.2 Å². The second-order valence-corrected chi connectivity index (χ2v) is 11.1. The molecule has 6 heteroatoms. The van der Waals surface area contributed by atoms with Crippen LogP contribution in [-0.4, -0.2) is 24.7 Å². The Morgan fingerprint density at radius 1 is 0.857 bits per heavy atom. The van der Waals surface area contributed by atoms with Crippen molar-refractivity contribution >= 4 is 32.4 Å². The first-order chi connectivity index (χ1) is 16.8. The van der Waals surface area contributed by atoms with Crippen molar-refractivity contribution in [2.75, 3.05) is 5.32 Å². The summed E-state index contributed by atoms with van der Waals surface area (Å²) in [6, 6.07) is 25.7. The van der Waals surface area contributed by atoms with Crippen LogP contribution in [0.2, 0.25) is 0 Å². The van der Waals surface area contributed by atoms with Crippen molar-refractivity contribution in [3.63, 3.8) is 0 Å². The van der Waals surface area contributed by atoms with Gasteiger partial charge in [-0.1, -0.05) is 54.6 Å². The molecule has 4 aromatic carbocycles. The van der Waals surface area contributed by atoms with Crippen molar-refractivity contribution in [2.45, 2.75) is 44.2 Å². The van der Waals surface area contributed by atoms with E-state index < -0.39 is 10.0 Å². The number of aryl methyl sites for hydroxylation is 2. The van der Waals surface area contributed by atoms with E-state index in [1.54, 1.807) is 12.1 Å². The summed E-state index contributed by atoms with van der Waals surface area (Å²) < 4.78 is 28.3. The summed E-state index contributed by atoms with van der Waals surface area (Å²) in [6.07, 6.45) is 2.05. The van der Waals surface area contributed by atoms with Gasteiger partial charge < -0.3 is 5.32 Å². The quantitative estimate of drug-likeness (QED) is 0.361. The van der Waals surface area contributed by atoms with Crippen LogP contribution in [0.5, 0.6) is 0 Å². The fraction of sp³-hybridized carbons (Fsp3) is 0.207. The zero-order chi connectivity index (χ0) is 24.6. The predicted molar refractivity (Wildman–Crippen MR) is 140 cm³/mol. The number of carbonyl (C=O) groups excluding carboxylic acids is 1. The predicted octanol–water partition coefficient (Wildman–Crippen LogP) is 5.79. The molecule has 35 heavy (non-hydrogen) atoms. The molecule has 0 saturated carbocycles. The molecule has 0 unspecified atom stereocenters. The molecule has 0 heterocycles. The molecule has 5 rings (SSSR count). The molecule has 0 aromatic heterocycles. The highest BCUT2D eigenvalue weighted by molar-refractivity contribution is 7.89. The lowest BCUT2D eigenvalue weighted by Crippen LogP contribution is -2.36. The lowest BCUT2D eigenvalue weighted by atomic mass is 10.0. The van der Waals surface area contributed by atoms with Crippen LogP contribution in [0.3, 0.4) is 0 Å². The Labute approximate surface area is 206 Å². The van der Waals surface area contributed by atoms with Gasteiger partial charge >= 0.3 is 0 Å².